The van der Waals surface area contributed by atoms with Gasteiger partial charge in [-0.05, 0) is 42.3 Å². The van der Waals surface area contributed by atoms with E-state index in [9.17, 15) is 9.59 Å². The molecule has 3 heterocycles. The molecule has 1 aliphatic carbocycles. The molecule has 0 atom stereocenters. The number of carbonyl (C=O) groups excluding carboxylic acids is 2. The fourth-order valence-electron chi connectivity index (χ4n) is 2.99. The van der Waals surface area contributed by atoms with Crippen LogP contribution in [0.3, 0.4) is 0 Å². The number of nitrogens with zero attached hydrogens (tertiary/aromatic N) is 2. The summed E-state index contributed by atoms with van der Waals surface area (Å²) >= 11 is 4.21. The predicted molar refractivity (Wildman–Crippen MR) is 115 cm³/mol. The number of methoxy groups -OCH3 is 1. The third-order valence-corrected chi connectivity index (χ3v) is 7.11. The Morgan fingerprint density at radius 1 is 1.34 bits per heavy atom. The first-order valence-electron chi connectivity index (χ1n) is 8.84. The average molecular weight is 448 g/mol. The maximum Gasteiger partial charge on any atom is 0.341 e. The Kier molecular flexibility index (Phi) is 6.12. The maximum absolute atomic E-state index is 12.4. The van der Waals surface area contributed by atoms with Crippen LogP contribution in [0.2, 0.25) is 0 Å². The van der Waals surface area contributed by atoms with Crippen molar-refractivity contribution in [1.82, 2.24) is 10.2 Å². The summed E-state index contributed by atoms with van der Waals surface area (Å²) in [6.07, 6.45) is 6.42. The number of rotatable bonds is 7. The number of fused-ring (bicyclic) bond motifs is 1. The molecular weight excluding hydrogens is 430 g/mol. The third-order valence-electron chi connectivity index (χ3n) is 4.25. The van der Waals surface area contributed by atoms with E-state index in [2.05, 4.69) is 15.5 Å². The predicted octanol–water partition coefficient (Wildman–Crippen LogP) is 4.37. The smallest absolute Gasteiger partial charge is 0.341 e. The highest BCUT2D eigenvalue weighted by molar-refractivity contribution is 7.99. The first-order valence-corrected chi connectivity index (χ1v) is 11.5. The monoisotopic (exact) mass is 447 g/mol. The van der Waals surface area contributed by atoms with Crippen LogP contribution in [-0.4, -0.2) is 34.9 Å². The quantitative estimate of drug-likeness (QED) is 0.424. The van der Waals surface area contributed by atoms with Gasteiger partial charge in [-0.2, -0.15) is 0 Å². The van der Waals surface area contributed by atoms with Crippen LogP contribution in [0.4, 0.5) is 5.00 Å². The summed E-state index contributed by atoms with van der Waals surface area (Å²) in [6.45, 7) is 0. The van der Waals surface area contributed by atoms with Gasteiger partial charge in [-0.3, -0.25) is 4.79 Å². The molecule has 7 nitrogen and oxygen atoms in total. The summed E-state index contributed by atoms with van der Waals surface area (Å²) < 4.78 is 10.4. The van der Waals surface area contributed by atoms with Crippen molar-refractivity contribution in [2.24, 2.45) is 0 Å². The lowest BCUT2D eigenvalue weighted by Gasteiger charge is -2.06. The molecule has 3 aromatic rings. The van der Waals surface area contributed by atoms with Gasteiger partial charge in [0.2, 0.25) is 11.8 Å². The van der Waals surface area contributed by atoms with Crippen molar-refractivity contribution >= 4 is 63.5 Å². The molecule has 3 aromatic heterocycles. The van der Waals surface area contributed by atoms with Gasteiger partial charge in [-0.25, -0.2) is 4.79 Å². The molecule has 0 bridgehead atoms. The highest BCUT2D eigenvalue weighted by Crippen LogP contribution is 2.39. The van der Waals surface area contributed by atoms with Gasteiger partial charge in [0, 0.05) is 15.8 Å². The van der Waals surface area contributed by atoms with Crippen molar-refractivity contribution in [3.63, 3.8) is 0 Å². The molecule has 0 saturated carbocycles. The second-order valence-corrected chi connectivity index (χ2v) is 9.16. The first kappa shape index (κ1) is 19.9. The number of hydrogen-bond acceptors (Lipinski definition) is 9. The summed E-state index contributed by atoms with van der Waals surface area (Å²) in [6, 6.07) is 3.95. The van der Waals surface area contributed by atoms with Crippen molar-refractivity contribution < 1.29 is 18.7 Å². The molecule has 0 aliphatic heterocycles. The van der Waals surface area contributed by atoms with Crippen LogP contribution >= 0.6 is 34.4 Å². The molecule has 0 radical (unpaired) electrons. The first-order chi connectivity index (χ1) is 14.1. The molecule has 10 heteroatoms. The van der Waals surface area contributed by atoms with Crippen LogP contribution in [0.5, 0.6) is 0 Å². The number of thioether (sulfide) groups is 1. The van der Waals surface area contributed by atoms with Crippen LogP contribution in [0, 0.1) is 0 Å². The molecular formula is C19H17N3O4S3. The number of esters is 1. The van der Waals surface area contributed by atoms with Gasteiger partial charge >= 0.3 is 5.97 Å². The lowest BCUT2D eigenvalue weighted by Crippen LogP contribution is -2.16. The van der Waals surface area contributed by atoms with Crippen LogP contribution in [0.15, 0.2) is 27.2 Å². The molecule has 4 rings (SSSR count). The number of aromatic nitrogens is 2. The van der Waals surface area contributed by atoms with E-state index < -0.39 is 5.97 Å². The number of anilines is 1. The van der Waals surface area contributed by atoms with E-state index in [1.54, 1.807) is 17.4 Å². The summed E-state index contributed by atoms with van der Waals surface area (Å²) in [5, 5.41) is 13.6. The van der Waals surface area contributed by atoms with Gasteiger partial charge in [-0.1, -0.05) is 17.8 Å². The Labute approximate surface area is 179 Å². The van der Waals surface area contributed by atoms with Crippen molar-refractivity contribution in [1.29, 1.82) is 0 Å². The van der Waals surface area contributed by atoms with Crippen molar-refractivity contribution in [2.75, 3.05) is 18.2 Å². The number of amides is 1. The fraction of sp³-hybridized carbons (Fsp3) is 0.263. The second-order valence-electron chi connectivity index (χ2n) is 6.14. The Morgan fingerprint density at radius 3 is 3.03 bits per heavy atom. The minimum Gasteiger partial charge on any atom is -0.465 e. The summed E-state index contributed by atoms with van der Waals surface area (Å²) in [7, 11) is 1.35. The van der Waals surface area contributed by atoms with Crippen molar-refractivity contribution in [3.8, 4) is 0 Å². The Morgan fingerprint density at radius 2 is 2.24 bits per heavy atom. The Bertz CT molecular complexity index is 1050. The van der Waals surface area contributed by atoms with Gasteiger partial charge in [0.25, 0.3) is 5.22 Å². The zero-order valence-corrected chi connectivity index (χ0v) is 17.9. The molecule has 29 heavy (non-hydrogen) atoms. The zero-order valence-electron chi connectivity index (χ0n) is 15.5. The van der Waals surface area contributed by atoms with Gasteiger partial charge in [0.1, 0.15) is 5.00 Å². The largest absolute Gasteiger partial charge is 0.465 e. The van der Waals surface area contributed by atoms with Crippen molar-refractivity contribution in [3.05, 3.63) is 44.3 Å². The molecule has 1 N–H and O–H groups in total. The third kappa shape index (κ3) is 4.60. The number of nitrogens with one attached hydrogen (secondary N) is 1. The number of aryl methyl sites for hydroxylation is 1. The molecule has 0 fully saturated rings. The Balaban J connectivity index is 1.36. The van der Waals surface area contributed by atoms with E-state index in [4.69, 9.17) is 9.15 Å². The topological polar surface area (TPSA) is 94.3 Å². The molecule has 0 unspecified atom stereocenters. The second kappa shape index (κ2) is 8.93. The highest BCUT2D eigenvalue weighted by atomic mass is 32.2. The van der Waals surface area contributed by atoms with E-state index in [1.165, 1.54) is 18.4 Å². The van der Waals surface area contributed by atoms with Gasteiger partial charge in [-0.15, -0.1) is 32.9 Å². The summed E-state index contributed by atoms with van der Waals surface area (Å²) in [5.74, 6) is -0.177. The molecule has 0 spiro atoms. The van der Waals surface area contributed by atoms with E-state index in [0.717, 1.165) is 46.3 Å². The lowest BCUT2D eigenvalue weighted by molar-refractivity contribution is -0.113. The normalized spacial score (nSPS) is 13.0. The molecule has 0 aromatic carbocycles. The highest BCUT2D eigenvalue weighted by Gasteiger charge is 2.28. The minimum absolute atomic E-state index is 0.0967. The fourth-order valence-corrected chi connectivity index (χ4v) is 5.47. The summed E-state index contributed by atoms with van der Waals surface area (Å²) in [5.41, 5.74) is 1.49. The number of hydrogen-bond donors (Lipinski definition) is 1. The minimum atomic E-state index is -0.411. The molecule has 1 amide bonds. The number of carbonyl (C=O) groups is 2. The maximum atomic E-state index is 12.4. The van der Waals surface area contributed by atoms with Crippen LogP contribution in [-0.2, 0) is 22.4 Å². The average Bonchev–Trinajstić information content (AvgIpc) is 3.48. The molecule has 0 saturated heterocycles. The standard InChI is InChI=1S/C19H17N3O4S3/c1-25-18(24)16-12-5-2-6-13(12)29-17(16)20-14(23)10-28-19-22-21-15(26-19)8-7-11-4-3-9-27-11/h3-4,7-9H,2,5-6,10H2,1H3,(H,20,23). The van der Waals surface area contributed by atoms with Crippen LogP contribution in [0.1, 0.15) is 38.0 Å². The van der Waals surface area contributed by atoms with E-state index in [1.807, 2.05) is 23.6 Å². The van der Waals surface area contributed by atoms with Gasteiger partial charge < -0.3 is 14.5 Å². The van der Waals surface area contributed by atoms with Crippen LogP contribution < -0.4 is 5.32 Å². The number of ether oxygens (including phenoxy) is 1. The molecule has 1 aliphatic rings. The van der Waals surface area contributed by atoms with Crippen molar-refractivity contribution in [2.45, 2.75) is 24.5 Å². The van der Waals surface area contributed by atoms with Crippen LogP contribution in [0.25, 0.3) is 12.2 Å². The van der Waals surface area contributed by atoms with E-state index in [-0.39, 0.29) is 11.7 Å². The van der Waals surface area contributed by atoms with Gasteiger partial charge in [0.05, 0.1) is 18.4 Å². The SMILES string of the molecule is COC(=O)c1c(NC(=O)CSc2nnc(C=Cc3cccs3)o2)sc2c1CCC2. The van der Waals surface area contributed by atoms with E-state index in [0.29, 0.717) is 21.7 Å². The summed E-state index contributed by atoms with van der Waals surface area (Å²) in [4.78, 5) is 26.8. The van der Waals surface area contributed by atoms with Gasteiger partial charge in [0.15, 0.2) is 0 Å². The lowest BCUT2D eigenvalue weighted by atomic mass is 10.1. The van der Waals surface area contributed by atoms with E-state index >= 15 is 0 Å². The molecule has 150 valence electrons. The zero-order chi connectivity index (χ0) is 20.2. The Hall–Kier alpha value is -2.43. The number of thiophene rings is 2.